The Morgan fingerprint density at radius 2 is 2.40 bits per heavy atom. The van der Waals surface area contributed by atoms with Gasteiger partial charge in [-0.1, -0.05) is 11.6 Å². The Bertz CT molecular complexity index is 495. The maximum atomic E-state index is 13.0. The lowest BCUT2D eigenvalue weighted by Crippen LogP contribution is -2.34. The summed E-state index contributed by atoms with van der Waals surface area (Å²) in [6.45, 7) is 4.03. The summed E-state index contributed by atoms with van der Waals surface area (Å²) in [6, 6.07) is 4.29. The molecule has 0 aromatic heterocycles. The van der Waals surface area contributed by atoms with E-state index in [1.54, 1.807) is 0 Å². The van der Waals surface area contributed by atoms with Crippen LogP contribution in [0.25, 0.3) is 0 Å². The Labute approximate surface area is 123 Å². The number of rotatable bonds is 4. The molecule has 0 saturated carbocycles. The predicted molar refractivity (Wildman–Crippen MR) is 78.2 cm³/mol. The normalized spacial score (nSPS) is 20.9. The first-order valence-corrected chi connectivity index (χ1v) is 7.06. The fraction of sp³-hybridized carbons (Fsp3) is 0.500. The van der Waals surface area contributed by atoms with E-state index >= 15 is 0 Å². The van der Waals surface area contributed by atoms with Crippen LogP contribution in [0.1, 0.15) is 13.3 Å². The van der Waals surface area contributed by atoms with Crippen molar-refractivity contribution in [3.63, 3.8) is 0 Å². The summed E-state index contributed by atoms with van der Waals surface area (Å²) in [5.74, 6) is -0.176. The maximum Gasteiger partial charge on any atom is 0.238 e. The predicted octanol–water partition coefficient (Wildman–Crippen LogP) is 2.09. The molecule has 2 unspecified atom stereocenters. The molecule has 0 radical (unpaired) electrons. The van der Waals surface area contributed by atoms with Crippen LogP contribution in [0.2, 0.25) is 5.02 Å². The first-order chi connectivity index (χ1) is 9.45. The van der Waals surface area contributed by atoms with Crippen LogP contribution in [0.5, 0.6) is 0 Å². The molecular formula is C14H19ClFN3O. The molecule has 110 valence electrons. The van der Waals surface area contributed by atoms with E-state index in [9.17, 15) is 9.18 Å². The van der Waals surface area contributed by atoms with Crippen LogP contribution in [-0.4, -0.2) is 36.5 Å². The number of likely N-dealkylation sites (tertiary alicyclic amines) is 1. The number of nitrogens with zero attached hydrogens (tertiary/aromatic N) is 1. The molecule has 1 amide bonds. The van der Waals surface area contributed by atoms with Gasteiger partial charge in [0, 0.05) is 18.3 Å². The molecule has 1 aromatic carbocycles. The SMILES string of the molecule is CC(N)C1CCN(CC(=O)Nc2ccc(F)c(Cl)c2)C1. The summed E-state index contributed by atoms with van der Waals surface area (Å²) >= 11 is 5.67. The molecule has 0 aliphatic carbocycles. The van der Waals surface area contributed by atoms with Crippen molar-refractivity contribution in [3.05, 3.63) is 29.0 Å². The lowest BCUT2D eigenvalue weighted by atomic mass is 10.0. The third kappa shape index (κ3) is 3.91. The second-order valence-corrected chi connectivity index (χ2v) is 5.73. The Morgan fingerprint density at radius 3 is 3.00 bits per heavy atom. The lowest BCUT2D eigenvalue weighted by molar-refractivity contribution is -0.117. The van der Waals surface area contributed by atoms with Crippen LogP contribution in [0, 0.1) is 11.7 Å². The minimum absolute atomic E-state index is 0.000920. The number of hydrogen-bond donors (Lipinski definition) is 2. The number of hydrogen-bond acceptors (Lipinski definition) is 3. The van der Waals surface area contributed by atoms with Gasteiger partial charge >= 0.3 is 0 Å². The van der Waals surface area contributed by atoms with Crippen molar-refractivity contribution in [2.24, 2.45) is 11.7 Å². The zero-order valence-corrected chi connectivity index (χ0v) is 12.2. The first kappa shape index (κ1) is 15.2. The van der Waals surface area contributed by atoms with Gasteiger partial charge in [0.25, 0.3) is 0 Å². The van der Waals surface area contributed by atoms with Gasteiger partial charge in [0.1, 0.15) is 5.82 Å². The smallest absolute Gasteiger partial charge is 0.238 e. The molecule has 6 heteroatoms. The monoisotopic (exact) mass is 299 g/mol. The highest BCUT2D eigenvalue weighted by atomic mass is 35.5. The fourth-order valence-electron chi connectivity index (χ4n) is 2.41. The molecular weight excluding hydrogens is 281 g/mol. The van der Waals surface area contributed by atoms with Crippen LogP contribution >= 0.6 is 11.6 Å². The fourth-order valence-corrected chi connectivity index (χ4v) is 2.59. The molecule has 20 heavy (non-hydrogen) atoms. The third-order valence-electron chi connectivity index (χ3n) is 3.62. The zero-order chi connectivity index (χ0) is 14.7. The number of halogens is 2. The van der Waals surface area contributed by atoms with Crippen molar-refractivity contribution in [1.29, 1.82) is 0 Å². The number of carbonyl (C=O) groups excluding carboxylic acids is 1. The van der Waals surface area contributed by atoms with E-state index in [1.807, 2.05) is 6.92 Å². The average molecular weight is 300 g/mol. The molecule has 3 N–H and O–H groups in total. The van der Waals surface area contributed by atoms with E-state index < -0.39 is 5.82 Å². The number of anilines is 1. The number of nitrogens with one attached hydrogen (secondary N) is 1. The maximum absolute atomic E-state index is 13.0. The van der Waals surface area contributed by atoms with E-state index in [4.69, 9.17) is 17.3 Å². The van der Waals surface area contributed by atoms with E-state index in [0.29, 0.717) is 18.2 Å². The average Bonchev–Trinajstić information content (AvgIpc) is 2.82. The van der Waals surface area contributed by atoms with Gasteiger partial charge in [0.15, 0.2) is 0 Å². The van der Waals surface area contributed by atoms with Gasteiger partial charge < -0.3 is 11.1 Å². The highest BCUT2D eigenvalue weighted by Gasteiger charge is 2.26. The Morgan fingerprint density at radius 1 is 1.65 bits per heavy atom. The molecule has 2 rings (SSSR count). The summed E-state index contributed by atoms with van der Waals surface area (Å²) < 4.78 is 13.0. The zero-order valence-electron chi connectivity index (χ0n) is 11.4. The largest absolute Gasteiger partial charge is 0.328 e. The van der Waals surface area contributed by atoms with E-state index in [-0.39, 0.29) is 17.0 Å². The van der Waals surface area contributed by atoms with Crippen LogP contribution in [0.4, 0.5) is 10.1 Å². The minimum Gasteiger partial charge on any atom is -0.328 e. The molecule has 2 atom stereocenters. The van der Waals surface area contributed by atoms with Gasteiger partial charge in [0.05, 0.1) is 11.6 Å². The number of nitrogens with two attached hydrogens (primary N) is 1. The van der Waals surface area contributed by atoms with Crippen molar-refractivity contribution >= 4 is 23.2 Å². The van der Waals surface area contributed by atoms with Gasteiger partial charge in [0.2, 0.25) is 5.91 Å². The van der Waals surface area contributed by atoms with Crippen molar-refractivity contribution in [1.82, 2.24) is 4.90 Å². The topological polar surface area (TPSA) is 58.4 Å². The number of amides is 1. The van der Waals surface area contributed by atoms with Gasteiger partial charge in [-0.05, 0) is 44.0 Å². The van der Waals surface area contributed by atoms with Gasteiger partial charge in [-0.3, -0.25) is 9.69 Å². The molecule has 0 bridgehead atoms. The van der Waals surface area contributed by atoms with Gasteiger partial charge in [-0.2, -0.15) is 0 Å². The molecule has 1 aliphatic heterocycles. The molecule has 1 heterocycles. The molecule has 0 spiro atoms. The van der Waals surface area contributed by atoms with Gasteiger partial charge in [-0.15, -0.1) is 0 Å². The summed E-state index contributed by atoms with van der Waals surface area (Å²) in [5, 5.41) is 2.72. The lowest BCUT2D eigenvalue weighted by Gasteiger charge is -2.17. The highest BCUT2D eigenvalue weighted by molar-refractivity contribution is 6.31. The van der Waals surface area contributed by atoms with Crippen LogP contribution in [-0.2, 0) is 4.79 Å². The second kappa shape index (κ2) is 6.52. The second-order valence-electron chi connectivity index (χ2n) is 5.32. The van der Waals surface area contributed by atoms with Crippen molar-refractivity contribution in [2.75, 3.05) is 25.0 Å². The minimum atomic E-state index is -0.496. The Balaban J connectivity index is 1.85. The first-order valence-electron chi connectivity index (χ1n) is 6.68. The molecule has 1 fully saturated rings. The standard InChI is InChI=1S/C14H19ClFN3O/c1-9(17)10-4-5-19(7-10)8-14(20)18-11-2-3-13(16)12(15)6-11/h2-3,6,9-10H,4-5,7-8,17H2,1H3,(H,18,20). The molecule has 1 aromatic rings. The van der Waals surface area contributed by atoms with Crippen molar-refractivity contribution in [3.8, 4) is 0 Å². The van der Waals surface area contributed by atoms with E-state index in [2.05, 4.69) is 10.2 Å². The summed E-state index contributed by atoms with van der Waals surface area (Å²) in [6.07, 6.45) is 1.02. The Kier molecular flexibility index (Phi) is 4.96. The molecule has 1 saturated heterocycles. The highest BCUT2D eigenvalue weighted by Crippen LogP contribution is 2.20. The third-order valence-corrected chi connectivity index (χ3v) is 3.91. The van der Waals surface area contributed by atoms with E-state index in [1.165, 1.54) is 18.2 Å². The summed E-state index contributed by atoms with van der Waals surface area (Å²) in [7, 11) is 0. The van der Waals surface area contributed by atoms with Crippen molar-refractivity contribution in [2.45, 2.75) is 19.4 Å². The van der Waals surface area contributed by atoms with Crippen LogP contribution in [0.15, 0.2) is 18.2 Å². The number of carbonyl (C=O) groups is 1. The van der Waals surface area contributed by atoms with E-state index in [0.717, 1.165) is 19.5 Å². The number of benzene rings is 1. The Hall–Kier alpha value is -1.17. The van der Waals surface area contributed by atoms with Gasteiger partial charge in [-0.25, -0.2) is 4.39 Å². The summed E-state index contributed by atoms with van der Waals surface area (Å²) in [4.78, 5) is 14.0. The van der Waals surface area contributed by atoms with Crippen LogP contribution in [0.3, 0.4) is 0 Å². The summed E-state index contributed by atoms with van der Waals surface area (Å²) in [5.41, 5.74) is 6.37. The quantitative estimate of drug-likeness (QED) is 0.895. The molecule has 1 aliphatic rings. The van der Waals surface area contributed by atoms with Crippen molar-refractivity contribution < 1.29 is 9.18 Å². The molecule has 4 nitrogen and oxygen atoms in total. The van der Waals surface area contributed by atoms with Crippen LogP contribution < -0.4 is 11.1 Å².